The monoisotopic (exact) mass is 341 g/mol. The SMILES string of the molecule is Cc1ccc(C=CC(=O)Nc2nnc(SCC(=O)O)s2)s1. The van der Waals surface area contributed by atoms with Crippen LogP contribution in [0.4, 0.5) is 5.13 Å². The van der Waals surface area contributed by atoms with Gasteiger partial charge in [0.2, 0.25) is 11.0 Å². The van der Waals surface area contributed by atoms with Crippen LogP contribution >= 0.6 is 34.4 Å². The van der Waals surface area contributed by atoms with Crippen LogP contribution in [-0.2, 0) is 9.59 Å². The summed E-state index contributed by atoms with van der Waals surface area (Å²) < 4.78 is 0.505. The van der Waals surface area contributed by atoms with Crippen LogP contribution in [-0.4, -0.2) is 32.9 Å². The smallest absolute Gasteiger partial charge is 0.313 e. The Labute approximate surface area is 132 Å². The Morgan fingerprint density at radius 2 is 2.19 bits per heavy atom. The quantitative estimate of drug-likeness (QED) is 0.477. The predicted octanol–water partition coefficient (Wildman–Crippen LogP) is 2.74. The molecule has 9 heteroatoms. The number of nitrogens with zero attached hydrogens (tertiary/aromatic N) is 2. The molecular formula is C12H11N3O3S3. The van der Waals surface area contributed by atoms with Crippen LogP contribution in [0.3, 0.4) is 0 Å². The molecule has 0 atom stereocenters. The van der Waals surface area contributed by atoms with E-state index in [1.165, 1.54) is 11.0 Å². The lowest BCUT2D eigenvalue weighted by Crippen LogP contribution is -2.07. The average Bonchev–Trinajstić information content (AvgIpc) is 3.03. The number of nitrogens with one attached hydrogen (secondary N) is 1. The molecule has 0 saturated heterocycles. The summed E-state index contributed by atoms with van der Waals surface area (Å²) in [6.07, 6.45) is 3.16. The normalized spacial score (nSPS) is 10.9. The van der Waals surface area contributed by atoms with Gasteiger partial charge < -0.3 is 5.11 Å². The summed E-state index contributed by atoms with van der Waals surface area (Å²) in [5.41, 5.74) is 0. The Morgan fingerprint density at radius 1 is 1.38 bits per heavy atom. The Bertz CT molecular complexity index is 678. The van der Waals surface area contributed by atoms with Gasteiger partial charge in [-0.3, -0.25) is 14.9 Å². The van der Waals surface area contributed by atoms with Gasteiger partial charge in [0, 0.05) is 15.8 Å². The third-order valence-electron chi connectivity index (χ3n) is 2.12. The molecule has 0 fully saturated rings. The number of amides is 1. The zero-order chi connectivity index (χ0) is 15.2. The molecule has 2 N–H and O–H groups in total. The number of aliphatic carboxylic acids is 1. The van der Waals surface area contributed by atoms with Crippen molar-refractivity contribution >= 4 is 57.5 Å². The molecule has 110 valence electrons. The van der Waals surface area contributed by atoms with Crippen LogP contribution < -0.4 is 5.32 Å². The fraction of sp³-hybridized carbons (Fsp3) is 0.167. The van der Waals surface area contributed by atoms with Crippen molar-refractivity contribution in [2.24, 2.45) is 0 Å². The molecule has 0 aliphatic carbocycles. The summed E-state index contributed by atoms with van der Waals surface area (Å²) in [6.45, 7) is 2.00. The number of carboxylic acid groups (broad SMARTS) is 1. The summed E-state index contributed by atoms with van der Waals surface area (Å²) in [5.74, 6) is -1.30. The molecule has 1 amide bonds. The number of thioether (sulfide) groups is 1. The minimum absolute atomic E-state index is 0.0831. The van der Waals surface area contributed by atoms with Crippen LogP contribution in [0, 0.1) is 6.92 Å². The third kappa shape index (κ3) is 5.29. The van der Waals surface area contributed by atoms with Crippen molar-refractivity contribution in [3.63, 3.8) is 0 Å². The number of rotatable bonds is 6. The number of thiophene rings is 1. The number of hydrogen-bond acceptors (Lipinski definition) is 7. The van der Waals surface area contributed by atoms with E-state index >= 15 is 0 Å². The molecular weight excluding hydrogens is 330 g/mol. The maximum absolute atomic E-state index is 11.7. The van der Waals surface area contributed by atoms with Crippen molar-refractivity contribution < 1.29 is 14.7 Å². The number of aromatic nitrogens is 2. The Hall–Kier alpha value is -1.71. The van der Waals surface area contributed by atoms with Gasteiger partial charge in [0.15, 0.2) is 4.34 Å². The third-order valence-corrected chi connectivity index (χ3v) is 5.04. The van der Waals surface area contributed by atoms with E-state index < -0.39 is 5.97 Å². The number of aryl methyl sites for hydroxylation is 1. The molecule has 0 radical (unpaired) electrons. The first-order valence-corrected chi connectivity index (χ1v) is 8.38. The molecule has 2 aromatic heterocycles. The van der Waals surface area contributed by atoms with E-state index in [0.29, 0.717) is 9.47 Å². The zero-order valence-corrected chi connectivity index (χ0v) is 13.3. The van der Waals surface area contributed by atoms with Gasteiger partial charge in [-0.25, -0.2) is 0 Å². The Morgan fingerprint density at radius 3 is 2.86 bits per heavy atom. The zero-order valence-electron chi connectivity index (χ0n) is 10.9. The van der Waals surface area contributed by atoms with Gasteiger partial charge in [0.25, 0.3) is 0 Å². The predicted molar refractivity (Wildman–Crippen MR) is 85.0 cm³/mol. The molecule has 0 aliphatic heterocycles. The Balaban J connectivity index is 1.87. The Kier molecular flexibility index (Phi) is 5.48. The highest BCUT2D eigenvalue weighted by molar-refractivity contribution is 8.01. The van der Waals surface area contributed by atoms with E-state index in [4.69, 9.17) is 5.11 Å². The number of hydrogen-bond donors (Lipinski definition) is 2. The van der Waals surface area contributed by atoms with E-state index in [-0.39, 0.29) is 11.7 Å². The lowest BCUT2D eigenvalue weighted by atomic mass is 10.4. The molecule has 0 unspecified atom stereocenters. The molecule has 6 nitrogen and oxygen atoms in total. The lowest BCUT2D eigenvalue weighted by molar-refractivity contribution is -0.133. The minimum atomic E-state index is -0.921. The van der Waals surface area contributed by atoms with Crippen LogP contribution in [0.1, 0.15) is 9.75 Å². The number of carboxylic acids is 1. The van der Waals surface area contributed by atoms with E-state index in [1.54, 1.807) is 17.4 Å². The van der Waals surface area contributed by atoms with E-state index in [2.05, 4.69) is 15.5 Å². The van der Waals surface area contributed by atoms with Gasteiger partial charge in [-0.05, 0) is 25.1 Å². The molecule has 0 bridgehead atoms. The van der Waals surface area contributed by atoms with Crippen LogP contribution in [0.5, 0.6) is 0 Å². The van der Waals surface area contributed by atoms with Crippen molar-refractivity contribution in [2.75, 3.05) is 11.1 Å². The molecule has 2 rings (SSSR count). The van der Waals surface area contributed by atoms with Crippen LogP contribution in [0.15, 0.2) is 22.5 Å². The topological polar surface area (TPSA) is 92.2 Å². The van der Waals surface area contributed by atoms with Gasteiger partial charge in [0.05, 0.1) is 5.75 Å². The summed E-state index contributed by atoms with van der Waals surface area (Å²) in [5, 5.41) is 19.1. The van der Waals surface area contributed by atoms with Gasteiger partial charge >= 0.3 is 5.97 Å². The first-order valence-electron chi connectivity index (χ1n) is 5.76. The second-order valence-corrected chi connectivity index (χ2v) is 7.35. The number of anilines is 1. The van der Waals surface area contributed by atoms with Crippen molar-refractivity contribution in [1.82, 2.24) is 10.2 Å². The molecule has 21 heavy (non-hydrogen) atoms. The van der Waals surface area contributed by atoms with E-state index in [1.807, 2.05) is 19.1 Å². The van der Waals surface area contributed by atoms with Crippen molar-refractivity contribution in [1.29, 1.82) is 0 Å². The van der Waals surface area contributed by atoms with Gasteiger partial charge in [-0.15, -0.1) is 21.5 Å². The first-order chi connectivity index (χ1) is 10.0. The average molecular weight is 341 g/mol. The maximum Gasteiger partial charge on any atom is 0.313 e. The summed E-state index contributed by atoms with van der Waals surface area (Å²) >= 11 is 3.81. The summed E-state index contributed by atoms with van der Waals surface area (Å²) in [4.78, 5) is 24.3. The highest BCUT2D eigenvalue weighted by Gasteiger charge is 2.08. The number of carbonyl (C=O) groups excluding carboxylic acids is 1. The summed E-state index contributed by atoms with van der Waals surface area (Å²) in [7, 11) is 0. The van der Waals surface area contributed by atoms with Gasteiger partial charge in [-0.2, -0.15) is 0 Å². The van der Waals surface area contributed by atoms with Crippen LogP contribution in [0.2, 0.25) is 0 Å². The van der Waals surface area contributed by atoms with E-state index in [0.717, 1.165) is 28.0 Å². The molecule has 0 saturated carbocycles. The molecule has 0 aromatic carbocycles. The van der Waals surface area contributed by atoms with Crippen molar-refractivity contribution in [3.8, 4) is 0 Å². The second kappa shape index (κ2) is 7.34. The largest absolute Gasteiger partial charge is 0.481 e. The second-order valence-electron chi connectivity index (χ2n) is 3.83. The standard InChI is InChI=1S/C12H11N3O3S3/c1-7-2-3-8(20-7)4-5-9(16)13-11-14-15-12(21-11)19-6-10(17)18/h2-5H,6H2,1H3,(H,17,18)(H,13,14,16). The van der Waals surface area contributed by atoms with Crippen molar-refractivity contribution in [2.45, 2.75) is 11.3 Å². The first kappa shape index (κ1) is 15.7. The molecule has 0 aliphatic rings. The summed E-state index contributed by atoms with van der Waals surface area (Å²) in [6, 6.07) is 3.92. The van der Waals surface area contributed by atoms with Crippen LogP contribution in [0.25, 0.3) is 6.08 Å². The van der Waals surface area contributed by atoms with Gasteiger partial charge in [0.1, 0.15) is 0 Å². The van der Waals surface area contributed by atoms with Gasteiger partial charge in [-0.1, -0.05) is 23.1 Å². The highest BCUT2D eigenvalue weighted by atomic mass is 32.2. The fourth-order valence-electron chi connectivity index (χ4n) is 1.29. The highest BCUT2D eigenvalue weighted by Crippen LogP contribution is 2.25. The van der Waals surface area contributed by atoms with E-state index in [9.17, 15) is 9.59 Å². The van der Waals surface area contributed by atoms with Crippen molar-refractivity contribution in [3.05, 3.63) is 28.0 Å². The lowest BCUT2D eigenvalue weighted by Gasteiger charge is -1.93. The molecule has 2 heterocycles. The maximum atomic E-state index is 11.7. The molecule has 0 spiro atoms. The minimum Gasteiger partial charge on any atom is -0.481 e. The fourth-order valence-corrected chi connectivity index (χ4v) is 3.55. The molecule has 2 aromatic rings. The number of carbonyl (C=O) groups is 2.